The molecule has 0 spiro atoms. The number of carboxylic acids is 1. The number of sulfonamides is 1. The number of ether oxygens (including phenoxy) is 2. The van der Waals surface area contributed by atoms with Crippen molar-refractivity contribution < 1.29 is 32.6 Å². The van der Waals surface area contributed by atoms with Gasteiger partial charge in [0.05, 0.1) is 11.3 Å². The van der Waals surface area contributed by atoms with Gasteiger partial charge in [-0.1, -0.05) is 46.3 Å². The molecule has 0 saturated carbocycles. The minimum Gasteiger partial charge on any atom is -0.480 e. The van der Waals surface area contributed by atoms with Crippen molar-refractivity contribution in [3.8, 4) is 22.6 Å². The van der Waals surface area contributed by atoms with Crippen molar-refractivity contribution in [1.29, 1.82) is 0 Å². The highest BCUT2D eigenvalue weighted by molar-refractivity contribution is 9.10. The van der Waals surface area contributed by atoms with Crippen molar-refractivity contribution in [2.24, 2.45) is 0 Å². The monoisotopic (exact) mass is 602 g/mol. The first-order valence-corrected chi connectivity index (χ1v) is 14.3. The number of benzene rings is 3. The second kappa shape index (κ2) is 12.4. The molecule has 1 amide bonds. The lowest BCUT2D eigenvalue weighted by Gasteiger charge is -2.15. The average Bonchev–Trinajstić information content (AvgIpc) is 3.36. The molecule has 3 N–H and O–H groups in total. The molecular formula is C27H27BrN2O7S. The van der Waals surface area contributed by atoms with Crippen LogP contribution in [0.5, 0.6) is 11.5 Å². The fourth-order valence-corrected chi connectivity index (χ4v) is 5.45. The van der Waals surface area contributed by atoms with Crippen molar-refractivity contribution in [2.75, 3.05) is 13.3 Å². The summed E-state index contributed by atoms with van der Waals surface area (Å²) in [6.07, 6.45) is 1.17. The van der Waals surface area contributed by atoms with Gasteiger partial charge in [0, 0.05) is 11.0 Å². The number of halogens is 1. The molecule has 1 aliphatic heterocycles. The molecule has 1 unspecified atom stereocenters. The molecule has 3 aromatic rings. The van der Waals surface area contributed by atoms with E-state index in [4.69, 9.17) is 9.47 Å². The quantitative estimate of drug-likeness (QED) is 0.266. The lowest BCUT2D eigenvalue weighted by molar-refractivity contribution is -0.139. The lowest BCUT2D eigenvalue weighted by Crippen LogP contribution is -2.40. The lowest BCUT2D eigenvalue weighted by atomic mass is 10.1. The van der Waals surface area contributed by atoms with Crippen molar-refractivity contribution in [3.05, 3.63) is 76.8 Å². The zero-order chi connectivity index (χ0) is 27.1. The Hall–Kier alpha value is -3.41. The first-order valence-electron chi connectivity index (χ1n) is 12.0. The molecule has 4 rings (SSSR count). The molecule has 1 aliphatic rings. The molecular weight excluding hydrogens is 576 g/mol. The van der Waals surface area contributed by atoms with Crippen molar-refractivity contribution in [2.45, 2.75) is 36.6 Å². The van der Waals surface area contributed by atoms with E-state index >= 15 is 0 Å². The number of carbonyl (C=O) groups excluding carboxylic acids is 1. The summed E-state index contributed by atoms with van der Waals surface area (Å²) in [5.74, 6) is -0.175. The zero-order valence-electron chi connectivity index (χ0n) is 20.4. The highest BCUT2D eigenvalue weighted by atomic mass is 79.9. The molecule has 11 heteroatoms. The Labute approximate surface area is 229 Å². The number of amides is 1. The minimum absolute atomic E-state index is 0.0135. The molecule has 0 radical (unpaired) electrons. The number of hydrogen-bond donors (Lipinski definition) is 3. The maximum atomic E-state index is 12.8. The van der Waals surface area contributed by atoms with Gasteiger partial charge in [-0.05, 0) is 72.4 Å². The summed E-state index contributed by atoms with van der Waals surface area (Å²) in [6.45, 7) is 0.511. The van der Waals surface area contributed by atoms with Gasteiger partial charge in [0.25, 0.3) is 0 Å². The van der Waals surface area contributed by atoms with Crippen LogP contribution in [0.15, 0.2) is 76.1 Å². The molecule has 0 aliphatic carbocycles. The Bertz CT molecular complexity index is 1390. The molecule has 0 saturated heterocycles. The predicted octanol–water partition coefficient (Wildman–Crippen LogP) is 4.11. The Morgan fingerprint density at radius 1 is 0.921 bits per heavy atom. The number of rotatable bonds is 12. The van der Waals surface area contributed by atoms with Crippen LogP contribution in [0.1, 0.15) is 24.8 Å². The average molecular weight is 603 g/mol. The van der Waals surface area contributed by atoms with E-state index in [0.29, 0.717) is 30.9 Å². The van der Waals surface area contributed by atoms with E-state index in [2.05, 4.69) is 26.0 Å². The SMILES string of the molecule is O=C(Cc1ccc2c(c1)OCO2)NCCCCC(NS(=O)(=O)c1ccc(-c2ccc(Br)cc2)cc1)C(=O)O. The summed E-state index contributed by atoms with van der Waals surface area (Å²) in [4.78, 5) is 23.9. The van der Waals surface area contributed by atoms with Gasteiger partial charge >= 0.3 is 5.97 Å². The van der Waals surface area contributed by atoms with Gasteiger partial charge in [0.2, 0.25) is 22.7 Å². The van der Waals surface area contributed by atoms with Crippen LogP contribution in [0.3, 0.4) is 0 Å². The van der Waals surface area contributed by atoms with Gasteiger partial charge in [-0.3, -0.25) is 9.59 Å². The van der Waals surface area contributed by atoms with Gasteiger partial charge in [0.1, 0.15) is 6.04 Å². The summed E-state index contributed by atoms with van der Waals surface area (Å²) in [5, 5.41) is 12.4. The largest absolute Gasteiger partial charge is 0.480 e. The molecule has 9 nitrogen and oxygen atoms in total. The van der Waals surface area contributed by atoms with Crippen LogP contribution in [-0.2, 0) is 26.0 Å². The van der Waals surface area contributed by atoms with Gasteiger partial charge in [-0.25, -0.2) is 8.42 Å². The van der Waals surface area contributed by atoms with Crippen LogP contribution in [0.4, 0.5) is 0 Å². The van der Waals surface area contributed by atoms with Crippen molar-refractivity contribution in [3.63, 3.8) is 0 Å². The fraction of sp³-hybridized carbons (Fsp3) is 0.259. The minimum atomic E-state index is -4.03. The van der Waals surface area contributed by atoms with Crippen LogP contribution >= 0.6 is 15.9 Å². The van der Waals surface area contributed by atoms with E-state index in [9.17, 15) is 23.1 Å². The van der Waals surface area contributed by atoms with E-state index in [-0.39, 0.29) is 30.4 Å². The fourth-order valence-electron chi connectivity index (χ4n) is 3.96. The number of unbranched alkanes of at least 4 members (excludes halogenated alkanes) is 1. The van der Waals surface area contributed by atoms with Crippen LogP contribution in [-0.4, -0.2) is 44.8 Å². The Morgan fingerprint density at radius 3 is 2.26 bits per heavy atom. The highest BCUT2D eigenvalue weighted by Gasteiger charge is 2.25. The Kier molecular flexibility index (Phi) is 9.03. The number of aliphatic carboxylic acids is 1. The predicted molar refractivity (Wildman–Crippen MR) is 144 cm³/mol. The summed E-state index contributed by atoms with van der Waals surface area (Å²) in [7, 11) is -4.03. The number of carboxylic acid groups (broad SMARTS) is 1. The van der Waals surface area contributed by atoms with E-state index in [0.717, 1.165) is 21.2 Å². The molecule has 3 aromatic carbocycles. The van der Waals surface area contributed by atoms with Gasteiger partial charge in [-0.2, -0.15) is 4.72 Å². The second-order valence-corrected chi connectivity index (χ2v) is 11.4. The van der Waals surface area contributed by atoms with Gasteiger partial charge in [0.15, 0.2) is 11.5 Å². The molecule has 0 fully saturated rings. The van der Waals surface area contributed by atoms with E-state index in [1.54, 1.807) is 30.3 Å². The smallest absolute Gasteiger partial charge is 0.321 e. The summed E-state index contributed by atoms with van der Waals surface area (Å²) in [6, 6.07) is 17.9. The van der Waals surface area contributed by atoms with Gasteiger partial charge < -0.3 is 19.9 Å². The first kappa shape index (κ1) is 27.6. The number of fused-ring (bicyclic) bond motifs is 1. The summed E-state index contributed by atoms with van der Waals surface area (Å²) < 4.78 is 39.4. The van der Waals surface area contributed by atoms with Crippen LogP contribution in [0, 0.1) is 0 Å². The maximum absolute atomic E-state index is 12.8. The second-order valence-electron chi connectivity index (χ2n) is 8.75. The highest BCUT2D eigenvalue weighted by Crippen LogP contribution is 2.32. The molecule has 200 valence electrons. The Morgan fingerprint density at radius 2 is 1.58 bits per heavy atom. The number of hydrogen-bond acceptors (Lipinski definition) is 6. The van der Waals surface area contributed by atoms with Crippen LogP contribution < -0.4 is 19.5 Å². The zero-order valence-corrected chi connectivity index (χ0v) is 22.8. The normalized spacial score (nSPS) is 13.2. The third-order valence-electron chi connectivity index (χ3n) is 5.98. The first-order chi connectivity index (χ1) is 18.2. The van der Waals surface area contributed by atoms with Crippen LogP contribution in [0.2, 0.25) is 0 Å². The van der Waals surface area contributed by atoms with Crippen molar-refractivity contribution in [1.82, 2.24) is 10.0 Å². The Balaban J connectivity index is 1.23. The molecule has 38 heavy (non-hydrogen) atoms. The maximum Gasteiger partial charge on any atom is 0.321 e. The standard InChI is InChI=1S/C27H27BrN2O7S/c28-21-9-5-19(6-10-21)20-7-11-22(12-8-20)38(34,35)30-23(27(32)33)3-1-2-14-29-26(31)16-18-4-13-24-25(15-18)37-17-36-24/h4-13,15,23,30H,1-3,14,16-17H2,(H,29,31)(H,32,33). The van der Waals surface area contributed by atoms with E-state index < -0.39 is 22.0 Å². The number of nitrogens with one attached hydrogen (secondary N) is 2. The van der Waals surface area contributed by atoms with E-state index in [1.807, 2.05) is 24.3 Å². The molecule has 0 bridgehead atoms. The van der Waals surface area contributed by atoms with Gasteiger partial charge in [-0.15, -0.1) is 0 Å². The molecule has 0 aromatic heterocycles. The third kappa shape index (κ3) is 7.33. The molecule has 1 atom stereocenters. The topological polar surface area (TPSA) is 131 Å². The third-order valence-corrected chi connectivity index (χ3v) is 8.00. The van der Waals surface area contributed by atoms with Crippen molar-refractivity contribution >= 4 is 37.8 Å². The van der Waals surface area contributed by atoms with E-state index in [1.165, 1.54) is 12.1 Å². The molecule has 1 heterocycles. The number of carbonyl (C=O) groups is 2. The summed E-state index contributed by atoms with van der Waals surface area (Å²) in [5.41, 5.74) is 2.56. The van der Waals surface area contributed by atoms with Crippen LogP contribution in [0.25, 0.3) is 11.1 Å². The summed E-state index contributed by atoms with van der Waals surface area (Å²) >= 11 is 3.38.